The average Bonchev–Trinajstić information content (AvgIpc) is 3.05. The van der Waals surface area contributed by atoms with Gasteiger partial charge in [0, 0.05) is 0 Å². The van der Waals surface area contributed by atoms with Gasteiger partial charge in [-0.05, 0) is 33.8 Å². The van der Waals surface area contributed by atoms with Crippen LogP contribution in [0, 0.1) is 0 Å². The first-order valence-corrected chi connectivity index (χ1v) is 17.8. The number of fused-ring (bicyclic) bond motifs is 2. The Bertz CT molecular complexity index is 1020. The lowest BCUT2D eigenvalue weighted by Crippen LogP contribution is -2.76. The largest absolute Gasteiger partial charge is 0.414 e. The lowest BCUT2D eigenvalue weighted by Gasteiger charge is -2.58. The summed E-state index contributed by atoms with van der Waals surface area (Å²) in [5, 5.41) is 23.6. The lowest BCUT2D eigenvalue weighted by molar-refractivity contribution is -0.281. The zero-order valence-corrected chi connectivity index (χ0v) is 26.0. The Labute approximate surface area is 229 Å². The van der Waals surface area contributed by atoms with E-state index in [2.05, 4.69) is 55.4 Å². The van der Waals surface area contributed by atoms with Gasteiger partial charge in [0.2, 0.25) is 5.91 Å². The minimum atomic E-state index is -3.04. The highest BCUT2D eigenvalue weighted by atomic mass is 28.5. The quantitative estimate of drug-likeness (QED) is 0.269. The third-order valence-electron chi connectivity index (χ3n) is 8.58. The molecule has 2 saturated heterocycles. The molecule has 0 unspecified atom stereocenters. The van der Waals surface area contributed by atoms with Gasteiger partial charge in [-0.2, -0.15) is 0 Å². The van der Waals surface area contributed by atoms with Crippen molar-refractivity contribution in [2.24, 2.45) is 0 Å². The molecule has 1 amide bonds. The van der Waals surface area contributed by atoms with Crippen molar-refractivity contribution in [1.29, 1.82) is 0 Å². The second-order valence-electron chi connectivity index (χ2n) is 12.3. The molecule has 2 aliphatic heterocycles. The predicted octanol–water partition coefficient (Wildman–Crippen LogP) is 4.71. The fourth-order valence-electron chi connectivity index (χ4n) is 6.29. The van der Waals surface area contributed by atoms with Crippen LogP contribution in [-0.4, -0.2) is 68.3 Å². The van der Waals surface area contributed by atoms with Gasteiger partial charge >= 0.3 is 17.1 Å². The molecule has 4 atom stereocenters. The first-order valence-electron chi connectivity index (χ1n) is 13.9. The Hall–Kier alpha value is -1.38. The Kier molecular flexibility index (Phi) is 8.22. The number of rotatable bonds is 8. The van der Waals surface area contributed by atoms with E-state index in [1.54, 1.807) is 12.2 Å². The van der Waals surface area contributed by atoms with E-state index < -0.39 is 47.1 Å². The van der Waals surface area contributed by atoms with E-state index in [4.69, 9.17) is 17.8 Å². The zero-order valence-electron chi connectivity index (χ0n) is 24.0. The van der Waals surface area contributed by atoms with Crippen molar-refractivity contribution in [2.45, 2.75) is 114 Å². The SMILES string of the molecule is CC(C)[Si]1(C(C)C)O[C@@H]2[C@H](O[Si](C(C)C)(C(C)C)O1)[C@](O)(CO)C=C[C@]21CC(=O)N1OCc1ccccc1. The number of carbonyl (C=O) groups excluding carboxylic acids is 1. The van der Waals surface area contributed by atoms with Crippen LogP contribution in [0.1, 0.15) is 67.4 Å². The second-order valence-corrected chi connectivity index (χ2v) is 21.1. The van der Waals surface area contributed by atoms with Crippen LogP contribution in [0.2, 0.25) is 22.2 Å². The van der Waals surface area contributed by atoms with Gasteiger partial charge in [-0.1, -0.05) is 91.8 Å². The van der Waals surface area contributed by atoms with Crippen LogP contribution in [0.25, 0.3) is 0 Å². The molecule has 1 aromatic carbocycles. The van der Waals surface area contributed by atoms with Crippen LogP contribution >= 0.6 is 0 Å². The van der Waals surface area contributed by atoms with Crippen LogP contribution in [0.5, 0.6) is 0 Å². The molecule has 0 saturated carbocycles. The van der Waals surface area contributed by atoms with Crippen molar-refractivity contribution < 1.29 is 32.8 Å². The maximum absolute atomic E-state index is 13.0. The van der Waals surface area contributed by atoms with Crippen molar-refractivity contribution >= 4 is 23.0 Å². The van der Waals surface area contributed by atoms with Crippen LogP contribution in [0.4, 0.5) is 0 Å². The third kappa shape index (κ3) is 4.56. The highest BCUT2D eigenvalue weighted by molar-refractivity contribution is 6.84. The van der Waals surface area contributed by atoms with Gasteiger partial charge in [0.25, 0.3) is 0 Å². The Balaban J connectivity index is 1.86. The summed E-state index contributed by atoms with van der Waals surface area (Å²) in [5.41, 5.74) is -1.46. The third-order valence-corrected chi connectivity index (χ3v) is 18.8. The number of carbonyl (C=O) groups is 1. The highest BCUT2D eigenvalue weighted by Crippen LogP contribution is 2.54. The maximum Gasteiger partial charge on any atom is 0.335 e. The molecule has 8 nitrogen and oxygen atoms in total. The van der Waals surface area contributed by atoms with Gasteiger partial charge < -0.3 is 23.2 Å². The van der Waals surface area contributed by atoms with Crippen molar-refractivity contribution in [1.82, 2.24) is 5.06 Å². The Morgan fingerprint density at radius 2 is 1.45 bits per heavy atom. The summed E-state index contributed by atoms with van der Waals surface area (Å²) >= 11 is 0. The molecule has 212 valence electrons. The summed E-state index contributed by atoms with van der Waals surface area (Å²) in [7, 11) is -6.06. The van der Waals surface area contributed by atoms with Gasteiger partial charge in [0.15, 0.2) is 0 Å². The summed E-state index contributed by atoms with van der Waals surface area (Å²) in [6, 6.07) is 9.68. The molecular weight excluding hydrogens is 518 g/mol. The normalized spacial score (nSPS) is 32.3. The molecule has 2 heterocycles. The fourth-order valence-corrected chi connectivity index (χ4v) is 17.6. The van der Waals surface area contributed by atoms with Crippen LogP contribution in [-0.2, 0) is 29.2 Å². The van der Waals surface area contributed by atoms with E-state index in [0.717, 1.165) is 5.56 Å². The molecule has 4 rings (SSSR count). The lowest BCUT2D eigenvalue weighted by atomic mass is 9.70. The first kappa shape index (κ1) is 29.6. The molecule has 0 radical (unpaired) electrons. The summed E-state index contributed by atoms with van der Waals surface area (Å²) in [4.78, 5) is 19.2. The van der Waals surface area contributed by atoms with E-state index in [1.165, 1.54) is 5.06 Å². The van der Waals surface area contributed by atoms with Crippen LogP contribution in [0.15, 0.2) is 42.5 Å². The van der Waals surface area contributed by atoms with Crippen molar-refractivity contribution in [3.8, 4) is 0 Å². The molecule has 1 aliphatic carbocycles. The molecule has 1 aromatic rings. The van der Waals surface area contributed by atoms with Crippen LogP contribution in [0.3, 0.4) is 0 Å². The van der Waals surface area contributed by atoms with Gasteiger partial charge in [-0.3, -0.25) is 9.63 Å². The van der Waals surface area contributed by atoms with E-state index in [-0.39, 0.29) is 41.1 Å². The zero-order chi connectivity index (χ0) is 28.1. The van der Waals surface area contributed by atoms with Crippen molar-refractivity contribution in [2.75, 3.05) is 6.61 Å². The molecule has 0 aromatic heterocycles. The van der Waals surface area contributed by atoms with Crippen molar-refractivity contribution in [3.05, 3.63) is 48.0 Å². The number of benzene rings is 1. The highest BCUT2D eigenvalue weighted by Gasteiger charge is 2.71. The molecule has 38 heavy (non-hydrogen) atoms. The molecule has 1 spiro atoms. The van der Waals surface area contributed by atoms with E-state index in [9.17, 15) is 15.0 Å². The smallest absolute Gasteiger partial charge is 0.335 e. The van der Waals surface area contributed by atoms with Crippen LogP contribution < -0.4 is 0 Å². The predicted molar refractivity (Wildman–Crippen MR) is 149 cm³/mol. The summed E-state index contributed by atoms with van der Waals surface area (Å²) < 4.78 is 21.5. The van der Waals surface area contributed by atoms with E-state index in [1.807, 2.05) is 30.3 Å². The molecule has 2 N–H and O–H groups in total. The minimum Gasteiger partial charge on any atom is -0.414 e. The molecule has 0 bridgehead atoms. The molecular formula is C28H45NO7Si2. The minimum absolute atomic E-state index is 0.0625. The molecule has 2 fully saturated rings. The number of hydrogen-bond acceptors (Lipinski definition) is 7. The molecule has 10 heteroatoms. The summed E-state index contributed by atoms with van der Waals surface area (Å²) in [5.74, 6) is -0.162. The Morgan fingerprint density at radius 3 is 1.92 bits per heavy atom. The molecule has 3 aliphatic rings. The van der Waals surface area contributed by atoms with Gasteiger partial charge in [0.1, 0.15) is 30.0 Å². The maximum atomic E-state index is 13.0. The van der Waals surface area contributed by atoms with Gasteiger partial charge in [-0.15, -0.1) is 0 Å². The number of amides is 1. The fraction of sp³-hybridized carbons (Fsp3) is 0.679. The number of aliphatic hydroxyl groups excluding tert-OH is 1. The van der Waals surface area contributed by atoms with Gasteiger partial charge in [0.05, 0.1) is 13.0 Å². The first-order chi connectivity index (χ1) is 17.8. The topological polar surface area (TPSA) is 97.7 Å². The van der Waals surface area contributed by atoms with E-state index in [0.29, 0.717) is 0 Å². The number of nitrogens with zero attached hydrogens (tertiary/aromatic N) is 1. The number of hydrogen-bond donors (Lipinski definition) is 2. The second kappa shape index (κ2) is 10.5. The van der Waals surface area contributed by atoms with E-state index >= 15 is 0 Å². The van der Waals surface area contributed by atoms with Crippen molar-refractivity contribution in [3.63, 3.8) is 0 Å². The standard InChI is InChI=1S/C28H45NO7Si2/c1-19(2)37(20(3)4)34-25-26(35-38(36-37,21(5)6)22(7)8)28(32,18-30)15-14-27(25)16-24(31)29(27)33-17-23-12-10-9-11-13-23/h9-15,19-22,25-26,30,32H,16-18H2,1-8H3/t25-,26+,27+,28-/m1/s1. The Morgan fingerprint density at radius 1 is 0.921 bits per heavy atom. The number of aliphatic hydroxyl groups is 2. The number of hydroxylamine groups is 2. The van der Waals surface area contributed by atoms with Gasteiger partial charge in [-0.25, -0.2) is 5.06 Å². The monoisotopic (exact) mass is 563 g/mol. The number of β-lactam (4-membered cyclic amide) rings is 1. The summed E-state index contributed by atoms with van der Waals surface area (Å²) in [6.07, 6.45) is 1.79. The average molecular weight is 564 g/mol. The summed E-state index contributed by atoms with van der Waals surface area (Å²) in [6.45, 7) is 16.6.